The molecule has 1 heterocycles. The van der Waals surface area contributed by atoms with E-state index in [2.05, 4.69) is 24.3 Å². The fourth-order valence-corrected chi connectivity index (χ4v) is 3.08. The van der Waals surface area contributed by atoms with E-state index in [1.165, 1.54) is 56.9 Å². The van der Waals surface area contributed by atoms with Crippen LogP contribution in [0, 0.1) is 11.8 Å². The van der Waals surface area contributed by atoms with E-state index in [1.54, 1.807) is 0 Å². The lowest BCUT2D eigenvalue weighted by atomic mass is 9.77. The van der Waals surface area contributed by atoms with E-state index in [-0.39, 0.29) is 0 Å². The summed E-state index contributed by atoms with van der Waals surface area (Å²) < 4.78 is 0. The van der Waals surface area contributed by atoms with Crippen LogP contribution in [0.2, 0.25) is 0 Å². The van der Waals surface area contributed by atoms with Crippen molar-refractivity contribution < 1.29 is 0 Å². The molecule has 0 aromatic rings. The van der Waals surface area contributed by atoms with E-state index in [0.717, 1.165) is 11.8 Å². The van der Waals surface area contributed by atoms with Crippen molar-refractivity contribution in [3.05, 3.63) is 11.8 Å². The third-order valence-electron chi connectivity index (χ3n) is 4.05. The summed E-state index contributed by atoms with van der Waals surface area (Å²) in [5.41, 5.74) is 1.52. The maximum absolute atomic E-state index is 4.26. The monoisotopic (exact) mass is 205 g/mol. The predicted molar refractivity (Wildman–Crippen MR) is 66.2 cm³/mol. The Morgan fingerprint density at radius 1 is 1.07 bits per heavy atom. The maximum Gasteiger partial charge on any atom is 0.0256 e. The van der Waals surface area contributed by atoms with Gasteiger partial charge in [-0.05, 0) is 38.0 Å². The first-order chi connectivity index (χ1) is 7.38. The van der Waals surface area contributed by atoms with Gasteiger partial charge in [0.15, 0.2) is 0 Å². The van der Waals surface area contributed by atoms with E-state index in [9.17, 15) is 0 Å². The number of hydrogen-bond acceptors (Lipinski definition) is 1. The van der Waals surface area contributed by atoms with Crippen molar-refractivity contribution in [2.75, 3.05) is 0 Å². The highest BCUT2D eigenvalue weighted by Gasteiger charge is 2.23. The van der Waals surface area contributed by atoms with Gasteiger partial charge in [-0.2, -0.15) is 0 Å². The molecule has 0 radical (unpaired) electrons. The van der Waals surface area contributed by atoms with Crippen LogP contribution in [0.4, 0.5) is 0 Å². The first-order valence-electron chi connectivity index (χ1n) is 6.56. The molecule has 1 heteroatoms. The van der Waals surface area contributed by atoms with Gasteiger partial charge in [-0.1, -0.05) is 37.7 Å². The lowest BCUT2D eigenvalue weighted by Crippen LogP contribution is -2.19. The van der Waals surface area contributed by atoms with Crippen LogP contribution < -0.4 is 0 Å². The van der Waals surface area contributed by atoms with Crippen molar-refractivity contribution >= 4 is 6.21 Å². The molecule has 2 rings (SSSR count). The largest absolute Gasteiger partial charge is 0.269 e. The van der Waals surface area contributed by atoms with E-state index in [1.807, 2.05) is 0 Å². The van der Waals surface area contributed by atoms with Crippen molar-refractivity contribution in [3.63, 3.8) is 0 Å². The predicted octanol–water partition coefficient (Wildman–Crippen LogP) is 4.34. The Labute approximate surface area is 93.7 Å². The molecule has 0 N–H and O–H groups in total. The molecule has 1 atom stereocenters. The summed E-state index contributed by atoms with van der Waals surface area (Å²) >= 11 is 0. The Hall–Kier alpha value is -0.590. The SMILES string of the molecule is CC1=CN=CCC1C1CCCCCCC1. The molecule has 0 bridgehead atoms. The molecule has 1 unspecified atom stereocenters. The van der Waals surface area contributed by atoms with Gasteiger partial charge in [-0.25, -0.2) is 0 Å². The minimum absolute atomic E-state index is 0.806. The third-order valence-corrected chi connectivity index (χ3v) is 4.05. The van der Waals surface area contributed by atoms with E-state index < -0.39 is 0 Å². The minimum Gasteiger partial charge on any atom is -0.269 e. The highest BCUT2D eigenvalue weighted by molar-refractivity contribution is 5.61. The molecule has 1 aliphatic heterocycles. The van der Waals surface area contributed by atoms with Crippen molar-refractivity contribution in [2.24, 2.45) is 16.8 Å². The van der Waals surface area contributed by atoms with Crippen LogP contribution in [0.25, 0.3) is 0 Å². The zero-order valence-corrected chi connectivity index (χ0v) is 9.91. The smallest absolute Gasteiger partial charge is 0.0256 e. The zero-order chi connectivity index (χ0) is 10.5. The molecular weight excluding hydrogens is 182 g/mol. The molecule has 0 aromatic heterocycles. The molecule has 1 nitrogen and oxygen atoms in total. The summed E-state index contributed by atoms with van der Waals surface area (Å²) in [7, 11) is 0. The van der Waals surface area contributed by atoms with Gasteiger partial charge >= 0.3 is 0 Å². The van der Waals surface area contributed by atoms with Crippen LogP contribution in [0.1, 0.15) is 58.3 Å². The first-order valence-corrected chi connectivity index (χ1v) is 6.56. The van der Waals surface area contributed by atoms with Gasteiger partial charge in [0, 0.05) is 12.4 Å². The van der Waals surface area contributed by atoms with E-state index in [0.29, 0.717) is 0 Å². The Bertz CT molecular complexity index is 244. The average Bonchev–Trinajstić information content (AvgIpc) is 2.19. The second-order valence-electron chi connectivity index (χ2n) is 5.15. The lowest BCUT2D eigenvalue weighted by molar-refractivity contribution is 0.299. The summed E-state index contributed by atoms with van der Waals surface area (Å²) in [6, 6.07) is 0. The quantitative estimate of drug-likeness (QED) is 0.604. The molecule has 1 saturated carbocycles. The standard InChI is InChI=1S/C14H23N/c1-12-11-15-10-9-14(12)13-7-5-3-2-4-6-8-13/h10-11,13-14H,2-9H2,1H3. The molecule has 0 amide bonds. The second kappa shape index (κ2) is 5.48. The Kier molecular flexibility index (Phi) is 3.99. The van der Waals surface area contributed by atoms with Crippen LogP contribution >= 0.6 is 0 Å². The Balaban J connectivity index is 1.95. The molecule has 0 aromatic carbocycles. The van der Waals surface area contributed by atoms with Gasteiger partial charge in [0.1, 0.15) is 0 Å². The van der Waals surface area contributed by atoms with Gasteiger partial charge < -0.3 is 0 Å². The summed E-state index contributed by atoms with van der Waals surface area (Å²) in [4.78, 5) is 4.26. The Morgan fingerprint density at radius 3 is 2.40 bits per heavy atom. The fraction of sp³-hybridized carbons (Fsp3) is 0.786. The molecule has 1 fully saturated rings. The molecule has 0 saturated heterocycles. The van der Waals surface area contributed by atoms with E-state index in [4.69, 9.17) is 0 Å². The van der Waals surface area contributed by atoms with E-state index >= 15 is 0 Å². The average molecular weight is 205 g/mol. The van der Waals surface area contributed by atoms with Gasteiger partial charge in [-0.15, -0.1) is 0 Å². The first kappa shape index (κ1) is 10.9. The topological polar surface area (TPSA) is 12.4 Å². The van der Waals surface area contributed by atoms with Gasteiger partial charge in [0.2, 0.25) is 0 Å². The fourth-order valence-electron chi connectivity index (χ4n) is 3.08. The molecule has 15 heavy (non-hydrogen) atoms. The highest BCUT2D eigenvalue weighted by Crippen LogP contribution is 2.34. The summed E-state index contributed by atoms with van der Waals surface area (Å²) in [6.07, 6.45) is 15.6. The lowest BCUT2D eigenvalue weighted by Gasteiger charge is -2.29. The molecule has 2 aliphatic rings. The highest BCUT2D eigenvalue weighted by atomic mass is 14.7. The minimum atomic E-state index is 0.806. The van der Waals surface area contributed by atoms with Gasteiger partial charge in [-0.3, -0.25) is 4.99 Å². The number of aliphatic imine (C=N–C) groups is 1. The zero-order valence-electron chi connectivity index (χ0n) is 9.91. The maximum atomic E-state index is 4.26. The second-order valence-corrected chi connectivity index (χ2v) is 5.15. The van der Waals surface area contributed by atoms with Crippen molar-refractivity contribution in [2.45, 2.75) is 58.3 Å². The number of hydrogen-bond donors (Lipinski definition) is 0. The van der Waals surface area contributed by atoms with Crippen molar-refractivity contribution in [3.8, 4) is 0 Å². The van der Waals surface area contributed by atoms with Gasteiger partial charge in [0.25, 0.3) is 0 Å². The number of allylic oxidation sites excluding steroid dienone is 1. The van der Waals surface area contributed by atoms with Crippen LogP contribution in [-0.2, 0) is 0 Å². The number of nitrogens with zero attached hydrogens (tertiary/aromatic N) is 1. The third kappa shape index (κ3) is 2.93. The molecule has 84 valence electrons. The summed E-state index contributed by atoms with van der Waals surface area (Å²) in [5.74, 6) is 1.74. The summed E-state index contributed by atoms with van der Waals surface area (Å²) in [6.45, 7) is 2.26. The molecular formula is C14H23N. The Morgan fingerprint density at radius 2 is 1.73 bits per heavy atom. The molecule has 0 spiro atoms. The normalized spacial score (nSPS) is 29.4. The van der Waals surface area contributed by atoms with Crippen LogP contribution in [-0.4, -0.2) is 6.21 Å². The van der Waals surface area contributed by atoms with Crippen molar-refractivity contribution in [1.82, 2.24) is 0 Å². The number of rotatable bonds is 1. The summed E-state index contributed by atoms with van der Waals surface area (Å²) in [5, 5.41) is 0. The van der Waals surface area contributed by atoms with Crippen molar-refractivity contribution in [1.29, 1.82) is 0 Å². The van der Waals surface area contributed by atoms with Crippen LogP contribution in [0.5, 0.6) is 0 Å². The molecule has 1 aliphatic carbocycles. The van der Waals surface area contributed by atoms with Crippen LogP contribution in [0.3, 0.4) is 0 Å². The van der Waals surface area contributed by atoms with Gasteiger partial charge in [0.05, 0.1) is 0 Å². The van der Waals surface area contributed by atoms with Crippen LogP contribution in [0.15, 0.2) is 16.8 Å².